The molecule has 1 amide bonds. The maximum atomic E-state index is 13.8. The van der Waals surface area contributed by atoms with E-state index >= 15 is 0 Å². The van der Waals surface area contributed by atoms with E-state index in [1.54, 1.807) is 0 Å². The molecule has 0 radical (unpaired) electrons. The van der Waals surface area contributed by atoms with Crippen molar-refractivity contribution in [2.75, 3.05) is 0 Å². The second-order valence-electron chi connectivity index (χ2n) is 4.21. The molecule has 0 aliphatic rings. The first-order valence-corrected chi connectivity index (χ1v) is 5.93. The van der Waals surface area contributed by atoms with Crippen molar-refractivity contribution in [2.24, 2.45) is 5.73 Å². The molecule has 0 saturated heterocycles. The summed E-state index contributed by atoms with van der Waals surface area (Å²) in [7, 11) is 0. The van der Waals surface area contributed by atoms with Crippen LogP contribution in [0.15, 0.2) is 36.4 Å². The Labute approximate surface area is 123 Å². The molecule has 2 rings (SSSR count). The predicted octanol–water partition coefficient (Wildman–Crippen LogP) is 2.44. The van der Waals surface area contributed by atoms with Crippen LogP contribution in [-0.4, -0.2) is 17.1 Å². The van der Waals surface area contributed by atoms with Crippen LogP contribution < -0.4 is 10.5 Å². The maximum absolute atomic E-state index is 13.8. The predicted molar refractivity (Wildman–Crippen MR) is 73.5 cm³/mol. The lowest BCUT2D eigenvalue weighted by atomic mass is 10.1. The first-order valence-electron chi connectivity index (χ1n) is 5.93. The number of primary amides is 1. The van der Waals surface area contributed by atoms with Crippen molar-refractivity contribution in [3.8, 4) is 11.5 Å². The van der Waals surface area contributed by atoms with E-state index in [4.69, 9.17) is 10.5 Å². The van der Waals surface area contributed by atoms with Gasteiger partial charge in [0.15, 0.2) is 0 Å². The third kappa shape index (κ3) is 3.06. The smallest absolute Gasteiger partial charge is 0.317 e. The fourth-order valence-corrected chi connectivity index (χ4v) is 1.76. The molecule has 8 heteroatoms. The molecule has 0 atom stereocenters. The zero-order chi connectivity index (χ0) is 16.3. The molecule has 0 bridgehead atoms. The van der Waals surface area contributed by atoms with Gasteiger partial charge in [-0.2, -0.15) is 4.39 Å². The van der Waals surface area contributed by atoms with Crippen molar-refractivity contribution in [2.45, 2.75) is 0 Å². The Morgan fingerprint density at radius 2 is 1.86 bits per heavy atom. The molecule has 0 aromatic heterocycles. The number of hydrogen-bond acceptors (Lipinski definition) is 5. The van der Waals surface area contributed by atoms with Crippen LogP contribution >= 0.6 is 0 Å². The Balaban J connectivity index is 2.41. The number of benzene rings is 2. The van der Waals surface area contributed by atoms with Crippen LogP contribution in [0, 0.1) is 15.9 Å². The molecular formula is C14H9FN2O5. The summed E-state index contributed by atoms with van der Waals surface area (Å²) in [5.74, 6) is -2.25. The monoisotopic (exact) mass is 304 g/mol. The van der Waals surface area contributed by atoms with Crippen molar-refractivity contribution < 1.29 is 23.6 Å². The Morgan fingerprint density at radius 3 is 2.36 bits per heavy atom. The Hall–Kier alpha value is -3.29. The van der Waals surface area contributed by atoms with Crippen LogP contribution in [0.3, 0.4) is 0 Å². The molecule has 112 valence electrons. The average Bonchev–Trinajstić information content (AvgIpc) is 2.46. The summed E-state index contributed by atoms with van der Waals surface area (Å²) in [5, 5.41) is 10.8. The van der Waals surface area contributed by atoms with Crippen LogP contribution in [0.2, 0.25) is 0 Å². The minimum absolute atomic E-state index is 0.129. The van der Waals surface area contributed by atoms with Crippen molar-refractivity contribution >= 4 is 17.9 Å². The van der Waals surface area contributed by atoms with E-state index in [-0.39, 0.29) is 11.5 Å². The summed E-state index contributed by atoms with van der Waals surface area (Å²) < 4.78 is 19.1. The standard InChI is InChI=1S/C14H9FN2O5/c15-12-6-10(5-11(14(16)19)13(12)17(20)21)22-9-3-1-8(7-18)2-4-9/h1-7H,(H2,16,19). The van der Waals surface area contributed by atoms with Gasteiger partial charge in [-0.15, -0.1) is 0 Å². The number of ether oxygens (including phenoxy) is 1. The van der Waals surface area contributed by atoms with E-state index in [1.165, 1.54) is 24.3 Å². The number of aldehydes is 1. The minimum atomic E-state index is -1.24. The molecular weight excluding hydrogens is 295 g/mol. The largest absolute Gasteiger partial charge is 0.457 e. The second kappa shape index (κ2) is 6.00. The highest BCUT2D eigenvalue weighted by atomic mass is 19.1. The Bertz CT molecular complexity index is 759. The van der Waals surface area contributed by atoms with Gasteiger partial charge in [-0.3, -0.25) is 19.7 Å². The van der Waals surface area contributed by atoms with Crippen molar-refractivity contribution in [3.63, 3.8) is 0 Å². The summed E-state index contributed by atoms with van der Waals surface area (Å²) in [5.41, 5.74) is 3.84. The van der Waals surface area contributed by atoms with Crippen LogP contribution in [0.5, 0.6) is 11.5 Å². The molecule has 0 aliphatic carbocycles. The van der Waals surface area contributed by atoms with E-state index in [0.717, 1.165) is 12.1 Å². The molecule has 0 saturated carbocycles. The Kier molecular flexibility index (Phi) is 4.12. The number of carbonyl (C=O) groups excluding carboxylic acids is 2. The molecule has 22 heavy (non-hydrogen) atoms. The van der Waals surface area contributed by atoms with Crippen LogP contribution in [0.25, 0.3) is 0 Å². The SMILES string of the molecule is NC(=O)c1cc(Oc2ccc(C=O)cc2)cc(F)c1[N+](=O)[O-]. The van der Waals surface area contributed by atoms with Gasteiger partial charge < -0.3 is 10.5 Å². The highest BCUT2D eigenvalue weighted by Gasteiger charge is 2.25. The van der Waals surface area contributed by atoms with Gasteiger partial charge in [0.2, 0.25) is 5.82 Å². The van der Waals surface area contributed by atoms with E-state index in [1.807, 2.05) is 0 Å². The Morgan fingerprint density at radius 1 is 1.23 bits per heavy atom. The van der Waals surface area contributed by atoms with Gasteiger partial charge in [-0.05, 0) is 24.3 Å². The first kappa shape index (κ1) is 15.1. The maximum Gasteiger partial charge on any atom is 0.317 e. The van der Waals surface area contributed by atoms with Gasteiger partial charge in [0, 0.05) is 17.7 Å². The summed E-state index contributed by atoms with van der Waals surface area (Å²) in [4.78, 5) is 31.5. The number of nitrogens with two attached hydrogens (primary N) is 1. The van der Waals surface area contributed by atoms with Crippen LogP contribution in [0.4, 0.5) is 10.1 Å². The van der Waals surface area contributed by atoms with Crippen molar-refractivity contribution in [3.05, 3.63) is 63.5 Å². The second-order valence-corrected chi connectivity index (χ2v) is 4.21. The lowest BCUT2D eigenvalue weighted by molar-refractivity contribution is -0.387. The number of rotatable bonds is 5. The molecule has 0 spiro atoms. The van der Waals surface area contributed by atoms with E-state index in [2.05, 4.69) is 0 Å². The highest BCUT2D eigenvalue weighted by molar-refractivity contribution is 5.97. The third-order valence-electron chi connectivity index (χ3n) is 2.74. The normalized spacial score (nSPS) is 10.0. The molecule has 0 heterocycles. The van der Waals surface area contributed by atoms with Gasteiger partial charge in [-0.25, -0.2) is 0 Å². The van der Waals surface area contributed by atoms with Crippen molar-refractivity contribution in [1.82, 2.24) is 0 Å². The number of halogens is 1. The average molecular weight is 304 g/mol. The summed E-state index contributed by atoms with van der Waals surface area (Å²) in [6.07, 6.45) is 0.639. The summed E-state index contributed by atoms with van der Waals surface area (Å²) >= 11 is 0. The zero-order valence-corrected chi connectivity index (χ0v) is 11.0. The molecule has 0 aliphatic heterocycles. The molecule has 2 aromatic rings. The van der Waals surface area contributed by atoms with Gasteiger partial charge in [0.1, 0.15) is 23.3 Å². The molecule has 7 nitrogen and oxygen atoms in total. The van der Waals surface area contributed by atoms with E-state index < -0.39 is 27.9 Å². The molecule has 0 fully saturated rings. The zero-order valence-electron chi connectivity index (χ0n) is 11.0. The molecule has 0 unspecified atom stereocenters. The highest BCUT2D eigenvalue weighted by Crippen LogP contribution is 2.30. The third-order valence-corrected chi connectivity index (χ3v) is 2.74. The fourth-order valence-electron chi connectivity index (χ4n) is 1.76. The van der Waals surface area contributed by atoms with E-state index in [0.29, 0.717) is 11.8 Å². The molecule has 2 aromatic carbocycles. The van der Waals surface area contributed by atoms with Gasteiger partial charge in [0.05, 0.1) is 4.92 Å². The number of amides is 1. The van der Waals surface area contributed by atoms with Gasteiger partial charge in [0.25, 0.3) is 5.91 Å². The lowest BCUT2D eigenvalue weighted by Crippen LogP contribution is -2.14. The lowest BCUT2D eigenvalue weighted by Gasteiger charge is -2.08. The van der Waals surface area contributed by atoms with Crippen molar-refractivity contribution in [1.29, 1.82) is 0 Å². The molecule has 2 N–H and O–H groups in total. The fraction of sp³-hybridized carbons (Fsp3) is 0. The minimum Gasteiger partial charge on any atom is -0.457 e. The number of nitrogens with zero attached hydrogens (tertiary/aromatic N) is 1. The first-order chi connectivity index (χ1) is 10.4. The number of carbonyl (C=O) groups is 2. The quantitative estimate of drug-likeness (QED) is 0.518. The van der Waals surface area contributed by atoms with Gasteiger partial charge in [-0.1, -0.05) is 0 Å². The topological polar surface area (TPSA) is 113 Å². The van der Waals surface area contributed by atoms with E-state index in [9.17, 15) is 24.1 Å². The number of nitro groups is 1. The van der Waals surface area contributed by atoms with Crippen LogP contribution in [-0.2, 0) is 0 Å². The summed E-state index contributed by atoms with van der Waals surface area (Å²) in [6.45, 7) is 0. The van der Waals surface area contributed by atoms with Crippen LogP contribution in [0.1, 0.15) is 20.7 Å². The summed E-state index contributed by atoms with van der Waals surface area (Å²) in [6, 6.07) is 7.60. The van der Waals surface area contributed by atoms with Gasteiger partial charge >= 0.3 is 5.69 Å². The number of nitro benzene ring substituents is 1. The number of hydrogen-bond donors (Lipinski definition) is 1.